The molecule has 2 aliphatic rings. The first kappa shape index (κ1) is 24.0. The number of hydrogen-bond donors (Lipinski definition) is 1. The van der Waals surface area contributed by atoms with E-state index in [0.29, 0.717) is 31.3 Å². The summed E-state index contributed by atoms with van der Waals surface area (Å²) in [6.07, 6.45) is 7.71. The van der Waals surface area contributed by atoms with Crippen LogP contribution in [0.5, 0.6) is 5.75 Å². The molecule has 174 valence electrons. The van der Waals surface area contributed by atoms with E-state index in [2.05, 4.69) is 17.1 Å². The van der Waals surface area contributed by atoms with Gasteiger partial charge in [-0.15, -0.1) is 0 Å². The predicted octanol–water partition coefficient (Wildman–Crippen LogP) is 3.11. The molecule has 0 spiro atoms. The lowest BCUT2D eigenvalue weighted by Gasteiger charge is -2.29. The maximum absolute atomic E-state index is 13.1. The van der Waals surface area contributed by atoms with Crippen molar-refractivity contribution in [3.05, 3.63) is 23.8 Å². The highest BCUT2D eigenvalue weighted by Crippen LogP contribution is 2.27. The number of rotatable bonds is 8. The summed E-state index contributed by atoms with van der Waals surface area (Å²) < 4.78 is 33.0. The van der Waals surface area contributed by atoms with E-state index in [1.807, 2.05) is 0 Å². The minimum atomic E-state index is -3.62. The zero-order chi connectivity index (χ0) is 22.3. The molecule has 1 amide bonds. The van der Waals surface area contributed by atoms with E-state index in [1.165, 1.54) is 49.2 Å². The second kappa shape index (κ2) is 11.3. The van der Waals surface area contributed by atoms with Crippen molar-refractivity contribution in [2.75, 3.05) is 46.4 Å². The second-order valence-electron chi connectivity index (χ2n) is 8.81. The molecule has 1 aromatic carbocycles. The van der Waals surface area contributed by atoms with Crippen molar-refractivity contribution >= 4 is 15.9 Å². The van der Waals surface area contributed by atoms with Crippen LogP contribution in [0.3, 0.4) is 0 Å². The molecule has 2 saturated heterocycles. The van der Waals surface area contributed by atoms with Gasteiger partial charge in [0.15, 0.2) is 0 Å². The average Bonchev–Trinajstić information content (AvgIpc) is 3.05. The quantitative estimate of drug-likeness (QED) is 0.615. The Morgan fingerprint density at radius 1 is 1.10 bits per heavy atom. The third kappa shape index (κ3) is 6.43. The fourth-order valence-electron chi connectivity index (χ4n) is 4.36. The fraction of sp³-hybridized carbons (Fsp3) is 0.696. The van der Waals surface area contributed by atoms with E-state index in [1.54, 1.807) is 6.07 Å². The smallest absolute Gasteiger partial charge is 0.255 e. The molecule has 0 unspecified atom stereocenters. The summed E-state index contributed by atoms with van der Waals surface area (Å²) in [7, 11) is -2.13. The lowest BCUT2D eigenvalue weighted by Crippen LogP contribution is -2.38. The third-order valence-electron chi connectivity index (χ3n) is 6.43. The summed E-state index contributed by atoms with van der Waals surface area (Å²) in [6.45, 7) is 6.99. The summed E-state index contributed by atoms with van der Waals surface area (Å²) in [4.78, 5) is 15.4. The van der Waals surface area contributed by atoms with Crippen molar-refractivity contribution in [1.29, 1.82) is 0 Å². The number of piperidine rings is 1. The molecule has 0 aliphatic carbocycles. The maximum atomic E-state index is 13.1. The largest absolute Gasteiger partial charge is 0.496 e. The van der Waals surface area contributed by atoms with Gasteiger partial charge in [0.25, 0.3) is 5.91 Å². The van der Waals surface area contributed by atoms with E-state index in [4.69, 9.17) is 4.74 Å². The third-order valence-corrected chi connectivity index (χ3v) is 8.33. The molecule has 0 atom stereocenters. The first-order valence-corrected chi connectivity index (χ1v) is 13.0. The van der Waals surface area contributed by atoms with Crippen LogP contribution >= 0.6 is 0 Å². The highest BCUT2D eigenvalue weighted by atomic mass is 32.2. The molecule has 2 heterocycles. The highest BCUT2D eigenvalue weighted by Gasteiger charge is 2.29. The number of hydrogen-bond acceptors (Lipinski definition) is 5. The molecule has 1 aromatic rings. The highest BCUT2D eigenvalue weighted by molar-refractivity contribution is 7.89. The number of benzene rings is 1. The van der Waals surface area contributed by atoms with Crippen molar-refractivity contribution in [2.45, 2.75) is 56.8 Å². The summed E-state index contributed by atoms with van der Waals surface area (Å²) in [5.41, 5.74) is 0.267. The van der Waals surface area contributed by atoms with E-state index >= 15 is 0 Å². The number of nitrogens with one attached hydrogen (secondary N) is 1. The molecule has 1 N–H and O–H groups in total. The standard InChI is InChI=1S/C23H37N3O4S/c1-19-10-16-26(17-11-19)31(28,29)20-8-9-22(30-2)21(18-20)23(27)24-12-7-15-25-13-5-3-4-6-14-25/h8-9,18-19H,3-7,10-17H2,1-2H3,(H,24,27). The SMILES string of the molecule is COc1ccc(S(=O)(=O)N2CCC(C)CC2)cc1C(=O)NCCCN1CCCCCC1. The lowest BCUT2D eigenvalue weighted by molar-refractivity contribution is 0.0948. The number of carbonyl (C=O) groups is 1. The van der Waals surface area contributed by atoms with Crippen LogP contribution in [0.2, 0.25) is 0 Å². The monoisotopic (exact) mass is 451 g/mol. The van der Waals surface area contributed by atoms with Crippen molar-refractivity contribution in [2.24, 2.45) is 5.92 Å². The number of carbonyl (C=O) groups excluding carboxylic acids is 1. The van der Waals surface area contributed by atoms with Crippen molar-refractivity contribution in [3.8, 4) is 5.75 Å². The van der Waals surface area contributed by atoms with Crippen LogP contribution in [0.1, 0.15) is 62.2 Å². The van der Waals surface area contributed by atoms with E-state index in [0.717, 1.165) is 38.9 Å². The zero-order valence-corrected chi connectivity index (χ0v) is 19.8. The van der Waals surface area contributed by atoms with E-state index in [9.17, 15) is 13.2 Å². The topological polar surface area (TPSA) is 79.0 Å². The Bertz CT molecular complexity index is 827. The fourth-order valence-corrected chi connectivity index (χ4v) is 5.86. The van der Waals surface area contributed by atoms with E-state index in [-0.39, 0.29) is 16.4 Å². The average molecular weight is 452 g/mol. The minimum absolute atomic E-state index is 0.151. The molecule has 3 rings (SSSR count). The van der Waals surface area contributed by atoms with Gasteiger partial charge in [-0.05, 0) is 75.9 Å². The minimum Gasteiger partial charge on any atom is -0.496 e. The van der Waals surface area contributed by atoms with Crippen LogP contribution in [0.25, 0.3) is 0 Å². The van der Waals surface area contributed by atoms with Gasteiger partial charge in [-0.25, -0.2) is 8.42 Å². The van der Waals surface area contributed by atoms with E-state index < -0.39 is 10.0 Å². The van der Waals surface area contributed by atoms with Gasteiger partial charge in [0, 0.05) is 19.6 Å². The molecule has 8 heteroatoms. The van der Waals surface area contributed by atoms with Crippen LogP contribution in [-0.2, 0) is 10.0 Å². The van der Waals surface area contributed by atoms with Gasteiger partial charge in [-0.3, -0.25) is 4.79 Å². The Balaban J connectivity index is 1.62. The molecular weight excluding hydrogens is 414 g/mol. The molecule has 2 fully saturated rings. The molecule has 0 saturated carbocycles. The molecule has 0 bridgehead atoms. The summed E-state index contributed by atoms with van der Waals surface area (Å²) >= 11 is 0. The first-order chi connectivity index (χ1) is 14.9. The van der Waals surface area contributed by atoms with Crippen molar-refractivity contribution < 1.29 is 17.9 Å². The molecule has 31 heavy (non-hydrogen) atoms. The van der Waals surface area contributed by atoms with Crippen LogP contribution in [0, 0.1) is 5.92 Å². The first-order valence-electron chi connectivity index (χ1n) is 11.6. The van der Waals surface area contributed by atoms with Gasteiger partial charge in [0.05, 0.1) is 17.6 Å². The summed E-state index contributed by atoms with van der Waals surface area (Å²) in [5.74, 6) is 0.631. The Kier molecular flexibility index (Phi) is 8.75. The number of likely N-dealkylation sites (tertiary alicyclic amines) is 1. The normalized spacial score (nSPS) is 19.7. The maximum Gasteiger partial charge on any atom is 0.255 e. The Hall–Kier alpha value is -1.64. The van der Waals surface area contributed by atoms with Gasteiger partial charge in [-0.1, -0.05) is 19.8 Å². The van der Waals surface area contributed by atoms with Crippen LogP contribution in [0.4, 0.5) is 0 Å². The van der Waals surface area contributed by atoms with Gasteiger partial charge in [0.2, 0.25) is 10.0 Å². The number of amides is 1. The summed E-state index contributed by atoms with van der Waals surface area (Å²) in [5, 5.41) is 2.94. The molecular formula is C23H37N3O4S. The second-order valence-corrected chi connectivity index (χ2v) is 10.8. The lowest BCUT2D eigenvalue weighted by atomic mass is 10.0. The number of nitrogens with zero attached hydrogens (tertiary/aromatic N) is 2. The van der Waals surface area contributed by atoms with Crippen LogP contribution in [-0.4, -0.2) is 69.9 Å². The van der Waals surface area contributed by atoms with Gasteiger partial charge in [0.1, 0.15) is 5.75 Å². The van der Waals surface area contributed by atoms with Crippen molar-refractivity contribution in [3.63, 3.8) is 0 Å². The zero-order valence-electron chi connectivity index (χ0n) is 18.9. The predicted molar refractivity (Wildman–Crippen MR) is 122 cm³/mol. The number of ether oxygens (including phenoxy) is 1. The van der Waals surface area contributed by atoms with Gasteiger partial charge in [-0.2, -0.15) is 4.31 Å². The van der Waals surface area contributed by atoms with Gasteiger partial charge >= 0.3 is 0 Å². The molecule has 0 aromatic heterocycles. The van der Waals surface area contributed by atoms with Crippen LogP contribution in [0.15, 0.2) is 23.1 Å². The van der Waals surface area contributed by atoms with Crippen molar-refractivity contribution in [1.82, 2.24) is 14.5 Å². The molecule has 2 aliphatic heterocycles. The van der Waals surface area contributed by atoms with Gasteiger partial charge < -0.3 is 15.0 Å². The number of methoxy groups -OCH3 is 1. The molecule has 0 radical (unpaired) electrons. The van der Waals surface area contributed by atoms with Crippen LogP contribution < -0.4 is 10.1 Å². The Morgan fingerprint density at radius 3 is 2.42 bits per heavy atom. The summed E-state index contributed by atoms with van der Waals surface area (Å²) in [6, 6.07) is 4.56. The Morgan fingerprint density at radius 2 is 1.77 bits per heavy atom. The number of sulfonamides is 1. The Labute approximate surface area is 187 Å². The molecule has 7 nitrogen and oxygen atoms in total.